The molecule has 1 N–H and O–H groups in total. The van der Waals surface area contributed by atoms with Crippen LogP contribution < -0.4 is 0 Å². The lowest BCUT2D eigenvalue weighted by Gasteiger charge is -2.27. The predicted molar refractivity (Wildman–Crippen MR) is 106 cm³/mol. The number of esters is 1. The van der Waals surface area contributed by atoms with Crippen LogP contribution in [0.3, 0.4) is 0 Å². The highest BCUT2D eigenvalue weighted by Crippen LogP contribution is 2.33. The van der Waals surface area contributed by atoms with E-state index in [9.17, 15) is 9.90 Å². The molecule has 0 aliphatic carbocycles. The van der Waals surface area contributed by atoms with Gasteiger partial charge in [-0.1, -0.05) is 82.7 Å². The summed E-state index contributed by atoms with van der Waals surface area (Å²) >= 11 is 3.43. The van der Waals surface area contributed by atoms with Crippen LogP contribution in [0.25, 0.3) is 11.1 Å². The summed E-state index contributed by atoms with van der Waals surface area (Å²) in [5.41, 5.74) is 1.17. The SMILES string of the molecule is CCOC(=O)C(O)(c1ccccc1)c1ccc(-c2ccc(Br)cc2)cc1. The van der Waals surface area contributed by atoms with Gasteiger partial charge in [0.15, 0.2) is 0 Å². The molecule has 1 unspecified atom stereocenters. The Balaban J connectivity index is 2.02. The maximum atomic E-state index is 12.6. The molecule has 132 valence electrons. The van der Waals surface area contributed by atoms with Crippen LogP contribution in [0, 0.1) is 0 Å². The maximum absolute atomic E-state index is 12.6. The van der Waals surface area contributed by atoms with Gasteiger partial charge < -0.3 is 9.84 Å². The Labute approximate surface area is 161 Å². The molecule has 0 heterocycles. The smallest absolute Gasteiger partial charge is 0.347 e. The van der Waals surface area contributed by atoms with Crippen molar-refractivity contribution in [2.45, 2.75) is 12.5 Å². The van der Waals surface area contributed by atoms with Crippen molar-refractivity contribution in [3.8, 4) is 11.1 Å². The molecule has 0 bridgehead atoms. The number of hydrogen-bond donors (Lipinski definition) is 1. The highest BCUT2D eigenvalue weighted by molar-refractivity contribution is 9.10. The largest absolute Gasteiger partial charge is 0.463 e. The van der Waals surface area contributed by atoms with Crippen LogP contribution in [0.4, 0.5) is 0 Å². The second-order valence-corrected chi connectivity index (χ2v) is 6.80. The number of carbonyl (C=O) groups is 1. The van der Waals surface area contributed by atoms with E-state index in [-0.39, 0.29) is 6.61 Å². The Kier molecular flexibility index (Phi) is 5.55. The van der Waals surface area contributed by atoms with Crippen molar-refractivity contribution in [3.05, 3.63) is 94.5 Å². The molecule has 26 heavy (non-hydrogen) atoms. The molecule has 3 aromatic carbocycles. The first-order valence-corrected chi connectivity index (χ1v) is 9.16. The maximum Gasteiger partial charge on any atom is 0.347 e. The van der Waals surface area contributed by atoms with Crippen LogP contribution in [-0.2, 0) is 15.1 Å². The topological polar surface area (TPSA) is 46.5 Å². The van der Waals surface area contributed by atoms with Crippen LogP contribution >= 0.6 is 15.9 Å². The van der Waals surface area contributed by atoms with Crippen LogP contribution in [0.1, 0.15) is 18.1 Å². The fraction of sp³-hybridized carbons (Fsp3) is 0.136. The second kappa shape index (κ2) is 7.85. The summed E-state index contributed by atoms with van der Waals surface area (Å²) in [7, 11) is 0. The van der Waals surface area contributed by atoms with Crippen LogP contribution in [0.2, 0.25) is 0 Å². The van der Waals surface area contributed by atoms with Gasteiger partial charge in [0.05, 0.1) is 6.61 Å². The molecule has 0 radical (unpaired) electrons. The Morgan fingerprint density at radius 1 is 0.885 bits per heavy atom. The summed E-state index contributed by atoms with van der Waals surface area (Å²) in [5, 5.41) is 11.3. The van der Waals surface area contributed by atoms with Gasteiger partial charge >= 0.3 is 5.97 Å². The van der Waals surface area contributed by atoms with Crippen LogP contribution in [0.5, 0.6) is 0 Å². The lowest BCUT2D eigenvalue weighted by molar-refractivity contribution is -0.161. The third kappa shape index (κ3) is 3.57. The standard InChI is InChI=1S/C22H19BrO3/c1-2-26-21(24)22(25,18-6-4-3-5-7-18)19-12-8-16(9-13-19)17-10-14-20(23)15-11-17/h3-15,25H,2H2,1H3. The third-order valence-corrected chi connectivity index (χ3v) is 4.77. The molecular weight excluding hydrogens is 392 g/mol. The molecule has 4 heteroatoms. The van der Waals surface area contributed by atoms with Crippen LogP contribution in [0.15, 0.2) is 83.3 Å². The molecule has 0 fully saturated rings. The number of ether oxygens (including phenoxy) is 1. The average Bonchev–Trinajstić information content (AvgIpc) is 2.69. The van der Waals surface area contributed by atoms with E-state index in [2.05, 4.69) is 15.9 Å². The molecule has 0 saturated carbocycles. The van der Waals surface area contributed by atoms with Gasteiger partial charge in [0.2, 0.25) is 5.60 Å². The van der Waals surface area contributed by atoms with E-state index in [4.69, 9.17) is 4.74 Å². The molecule has 0 aliphatic heterocycles. The van der Waals surface area contributed by atoms with Crippen LogP contribution in [-0.4, -0.2) is 17.7 Å². The van der Waals surface area contributed by atoms with Gasteiger partial charge in [-0.05, 0) is 41.3 Å². The average molecular weight is 411 g/mol. The molecule has 0 saturated heterocycles. The summed E-state index contributed by atoms with van der Waals surface area (Å²) in [6.45, 7) is 1.92. The molecule has 3 aromatic rings. The minimum Gasteiger partial charge on any atom is -0.463 e. The summed E-state index contributed by atoms with van der Waals surface area (Å²) in [5.74, 6) is -0.678. The summed E-state index contributed by atoms with van der Waals surface area (Å²) in [4.78, 5) is 12.6. The lowest BCUT2D eigenvalue weighted by atomic mass is 9.85. The van der Waals surface area contributed by atoms with E-state index in [0.717, 1.165) is 15.6 Å². The third-order valence-electron chi connectivity index (χ3n) is 4.24. The zero-order valence-corrected chi connectivity index (χ0v) is 15.9. The van der Waals surface area contributed by atoms with Crippen molar-refractivity contribution in [2.24, 2.45) is 0 Å². The molecule has 0 aliphatic rings. The molecule has 0 amide bonds. The van der Waals surface area contributed by atoms with Gasteiger partial charge in [-0.15, -0.1) is 0 Å². The summed E-state index contributed by atoms with van der Waals surface area (Å²) in [6.07, 6.45) is 0. The number of halogens is 1. The van der Waals surface area contributed by atoms with Crippen molar-refractivity contribution in [3.63, 3.8) is 0 Å². The predicted octanol–water partition coefficient (Wildman–Crippen LogP) is 4.92. The highest BCUT2D eigenvalue weighted by atomic mass is 79.9. The molecule has 3 rings (SSSR count). The molecular formula is C22H19BrO3. The number of hydrogen-bond acceptors (Lipinski definition) is 3. The highest BCUT2D eigenvalue weighted by Gasteiger charge is 2.41. The van der Waals surface area contributed by atoms with E-state index in [1.54, 1.807) is 43.3 Å². The Hall–Kier alpha value is -2.43. The second-order valence-electron chi connectivity index (χ2n) is 5.88. The molecule has 0 aromatic heterocycles. The zero-order valence-electron chi connectivity index (χ0n) is 14.4. The Morgan fingerprint density at radius 3 is 1.92 bits per heavy atom. The minimum atomic E-state index is -1.84. The van der Waals surface area contributed by atoms with Gasteiger partial charge in [-0.25, -0.2) is 4.79 Å². The number of benzene rings is 3. The molecule has 3 nitrogen and oxygen atoms in total. The van der Waals surface area contributed by atoms with E-state index >= 15 is 0 Å². The number of aliphatic hydroxyl groups is 1. The van der Waals surface area contributed by atoms with Gasteiger partial charge in [-0.2, -0.15) is 0 Å². The Morgan fingerprint density at radius 2 is 1.38 bits per heavy atom. The van der Waals surface area contributed by atoms with Gasteiger partial charge in [-0.3, -0.25) is 0 Å². The first-order valence-electron chi connectivity index (χ1n) is 8.37. The summed E-state index contributed by atoms with van der Waals surface area (Å²) < 4.78 is 6.16. The minimum absolute atomic E-state index is 0.199. The van der Waals surface area contributed by atoms with E-state index < -0.39 is 11.6 Å². The van der Waals surface area contributed by atoms with Crippen molar-refractivity contribution in [1.82, 2.24) is 0 Å². The zero-order chi connectivity index (χ0) is 18.6. The van der Waals surface area contributed by atoms with Crippen molar-refractivity contribution < 1.29 is 14.6 Å². The van der Waals surface area contributed by atoms with Crippen molar-refractivity contribution in [2.75, 3.05) is 6.61 Å². The first-order chi connectivity index (χ1) is 12.6. The normalized spacial score (nSPS) is 13.0. The Bertz CT molecular complexity index is 874. The fourth-order valence-corrected chi connectivity index (χ4v) is 3.13. The van der Waals surface area contributed by atoms with E-state index in [1.165, 1.54) is 0 Å². The van der Waals surface area contributed by atoms with Gasteiger partial charge in [0.25, 0.3) is 0 Å². The first kappa shape index (κ1) is 18.4. The molecule has 1 atom stereocenters. The van der Waals surface area contributed by atoms with E-state index in [0.29, 0.717) is 11.1 Å². The van der Waals surface area contributed by atoms with Crippen molar-refractivity contribution in [1.29, 1.82) is 0 Å². The monoisotopic (exact) mass is 410 g/mol. The van der Waals surface area contributed by atoms with E-state index in [1.807, 2.05) is 42.5 Å². The number of carbonyl (C=O) groups excluding carboxylic acids is 1. The quantitative estimate of drug-likeness (QED) is 0.607. The molecule has 0 spiro atoms. The fourth-order valence-electron chi connectivity index (χ4n) is 2.86. The van der Waals surface area contributed by atoms with Crippen molar-refractivity contribution >= 4 is 21.9 Å². The van der Waals surface area contributed by atoms with Gasteiger partial charge in [0.1, 0.15) is 0 Å². The number of rotatable bonds is 5. The lowest BCUT2D eigenvalue weighted by Crippen LogP contribution is -2.38. The summed E-state index contributed by atoms with van der Waals surface area (Å²) in [6, 6.07) is 24.1. The van der Waals surface area contributed by atoms with Gasteiger partial charge in [0, 0.05) is 4.47 Å².